The first-order valence-corrected chi connectivity index (χ1v) is 5.17. The Balaban J connectivity index is 0. The zero-order chi connectivity index (χ0) is 10.4. The van der Waals surface area contributed by atoms with E-state index in [0.717, 1.165) is 13.3 Å². The van der Waals surface area contributed by atoms with Crippen molar-refractivity contribution in [1.82, 2.24) is 9.80 Å². The molecule has 1 aliphatic heterocycles. The highest BCUT2D eigenvalue weighted by atomic mass is 16.2. The first-order chi connectivity index (χ1) is 6.15. The Bertz CT molecular complexity index is 156. The maximum atomic E-state index is 11.1. The molecule has 0 aliphatic carbocycles. The van der Waals surface area contributed by atoms with Gasteiger partial charge in [0.1, 0.15) is 0 Å². The van der Waals surface area contributed by atoms with Gasteiger partial charge in [0.05, 0.1) is 13.3 Å². The smallest absolute Gasteiger partial charge is 0.224 e. The van der Waals surface area contributed by atoms with Crippen LogP contribution in [0.2, 0.25) is 0 Å². The van der Waals surface area contributed by atoms with E-state index in [4.69, 9.17) is 0 Å². The molecule has 3 nitrogen and oxygen atoms in total. The highest BCUT2D eigenvalue weighted by Crippen LogP contribution is 2.13. The van der Waals surface area contributed by atoms with Gasteiger partial charge in [0.2, 0.25) is 5.91 Å². The molecule has 0 aromatic heterocycles. The van der Waals surface area contributed by atoms with E-state index in [1.807, 2.05) is 25.7 Å². The summed E-state index contributed by atoms with van der Waals surface area (Å²) < 4.78 is 0. The number of nitrogens with zero attached hydrogens (tertiary/aromatic N) is 2. The average Bonchev–Trinajstić information content (AvgIpc) is 2.04. The summed E-state index contributed by atoms with van der Waals surface area (Å²) in [4.78, 5) is 15.2. The van der Waals surface area contributed by atoms with E-state index < -0.39 is 0 Å². The Hall–Kier alpha value is -0.505. The summed E-state index contributed by atoms with van der Waals surface area (Å²) in [5.74, 6) is 0.266. The fraction of sp³-hybridized carbons (Fsp3) is 0.900. The van der Waals surface area contributed by atoms with Crippen molar-refractivity contribution in [2.24, 2.45) is 0 Å². The number of amides is 1. The van der Waals surface area contributed by atoms with Gasteiger partial charge in [-0.3, -0.25) is 9.69 Å². The Kier molecular flexibility index (Phi) is 8.95. The van der Waals surface area contributed by atoms with Crippen LogP contribution in [0.25, 0.3) is 0 Å². The molecule has 1 fully saturated rings. The van der Waals surface area contributed by atoms with Crippen molar-refractivity contribution in [3.05, 3.63) is 0 Å². The average molecular weight is 197 g/mol. The first kappa shape index (κ1) is 15.9. The lowest BCUT2D eigenvalue weighted by Crippen LogP contribution is -2.59. The van der Waals surface area contributed by atoms with Gasteiger partial charge in [-0.2, -0.15) is 0 Å². The van der Waals surface area contributed by atoms with E-state index in [1.54, 1.807) is 0 Å². The van der Waals surface area contributed by atoms with Crippen molar-refractivity contribution in [3.63, 3.8) is 0 Å². The fourth-order valence-electron chi connectivity index (χ4n) is 1.11. The fourth-order valence-corrected chi connectivity index (χ4v) is 1.11. The van der Waals surface area contributed by atoms with Gasteiger partial charge in [-0.1, -0.05) is 20.8 Å². The second kappa shape index (κ2) is 7.86. The van der Waals surface area contributed by atoms with Gasteiger partial charge < -0.3 is 4.90 Å². The summed E-state index contributed by atoms with van der Waals surface area (Å²) in [6, 6.07) is 0.566. The van der Waals surface area contributed by atoms with Crippen LogP contribution in [-0.4, -0.2) is 43.5 Å². The molecular formula is C10H22BN2O. The van der Waals surface area contributed by atoms with Gasteiger partial charge in [0.25, 0.3) is 0 Å². The van der Waals surface area contributed by atoms with Crippen LogP contribution in [-0.2, 0) is 4.79 Å². The van der Waals surface area contributed by atoms with Crippen molar-refractivity contribution in [2.75, 3.05) is 13.3 Å². The van der Waals surface area contributed by atoms with Crippen LogP contribution in [0.1, 0.15) is 41.0 Å². The van der Waals surface area contributed by atoms with E-state index >= 15 is 0 Å². The zero-order valence-corrected chi connectivity index (χ0v) is 10.1. The lowest BCUT2D eigenvalue weighted by Gasteiger charge is -2.44. The third kappa shape index (κ3) is 4.14. The molecule has 0 N–H and O–H groups in total. The molecule has 81 valence electrons. The minimum absolute atomic E-state index is 0. The monoisotopic (exact) mass is 197 g/mol. The largest absolute Gasteiger partial charge is 0.317 e. The van der Waals surface area contributed by atoms with E-state index in [1.165, 1.54) is 0 Å². The maximum Gasteiger partial charge on any atom is 0.224 e. The molecule has 4 heteroatoms. The predicted molar refractivity (Wildman–Crippen MR) is 60.9 cm³/mol. The molecule has 1 amide bonds. The van der Waals surface area contributed by atoms with Gasteiger partial charge in [0, 0.05) is 20.9 Å². The number of rotatable bonds is 2. The molecule has 14 heavy (non-hydrogen) atoms. The normalized spacial score (nSPS) is 15.1. The van der Waals surface area contributed by atoms with E-state index in [-0.39, 0.29) is 14.3 Å². The van der Waals surface area contributed by atoms with Crippen LogP contribution in [0.15, 0.2) is 0 Å². The molecule has 0 unspecified atom stereocenters. The SMILES string of the molecule is CC.CCC(=O)N1CN(C(C)C)C1.[B]. The number of carbonyl (C=O) groups excluding carboxylic acids is 1. The summed E-state index contributed by atoms with van der Waals surface area (Å²) >= 11 is 0. The minimum Gasteiger partial charge on any atom is -0.317 e. The molecule has 0 aromatic rings. The van der Waals surface area contributed by atoms with Crippen LogP contribution in [0.4, 0.5) is 0 Å². The second-order valence-corrected chi connectivity index (χ2v) is 3.25. The molecule has 1 heterocycles. The van der Waals surface area contributed by atoms with Gasteiger partial charge in [-0.15, -0.1) is 0 Å². The maximum absolute atomic E-state index is 11.1. The number of hydrogen-bond acceptors (Lipinski definition) is 2. The molecule has 3 radical (unpaired) electrons. The standard InChI is InChI=1S/C8H16N2O.C2H6.B/c1-4-8(11)10-5-9(6-10)7(2)3;1-2;/h7H,4-6H2,1-3H3;1-2H3;. The highest BCUT2D eigenvalue weighted by Gasteiger charge is 2.28. The zero-order valence-electron chi connectivity index (χ0n) is 10.1. The Morgan fingerprint density at radius 1 is 1.29 bits per heavy atom. The summed E-state index contributed by atoms with van der Waals surface area (Å²) in [6.07, 6.45) is 0.631. The van der Waals surface area contributed by atoms with Crippen molar-refractivity contribution >= 4 is 14.3 Å². The van der Waals surface area contributed by atoms with Gasteiger partial charge in [-0.25, -0.2) is 0 Å². The van der Waals surface area contributed by atoms with Crippen LogP contribution < -0.4 is 0 Å². The van der Waals surface area contributed by atoms with Gasteiger partial charge in [0.15, 0.2) is 0 Å². The predicted octanol–water partition coefficient (Wildman–Crippen LogP) is 1.51. The van der Waals surface area contributed by atoms with Crippen LogP contribution in [0.5, 0.6) is 0 Å². The molecule has 1 rings (SSSR count). The van der Waals surface area contributed by atoms with E-state index in [0.29, 0.717) is 12.5 Å². The van der Waals surface area contributed by atoms with Crippen molar-refractivity contribution < 1.29 is 4.79 Å². The Labute approximate surface area is 90.0 Å². The van der Waals surface area contributed by atoms with Crippen molar-refractivity contribution in [1.29, 1.82) is 0 Å². The highest BCUT2D eigenvalue weighted by molar-refractivity contribution is 5.76. The second-order valence-electron chi connectivity index (χ2n) is 3.25. The summed E-state index contributed by atoms with van der Waals surface area (Å²) in [5, 5.41) is 0. The lowest BCUT2D eigenvalue weighted by molar-refractivity contribution is -0.149. The topological polar surface area (TPSA) is 23.6 Å². The van der Waals surface area contributed by atoms with Gasteiger partial charge >= 0.3 is 0 Å². The first-order valence-electron chi connectivity index (χ1n) is 5.17. The molecule has 0 bridgehead atoms. The summed E-state index contributed by atoms with van der Waals surface area (Å²) in [7, 11) is 0. The molecule has 1 aliphatic rings. The third-order valence-corrected chi connectivity index (χ3v) is 2.09. The molecule has 0 atom stereocenters. The van der Waals surface area contributed by atoms with Gasteiger partial charge in [-0.05, 0) is 13.8 Å². The van der Waals surface area contributed by atoms with E-state index in [2.05, 4.69) is 18.7 Å². The van der Waals surface area contributed by atoms with Crippen LogP contribution in [0, 0.1) is 0 Å². The molecular weight excluding hydrogens is 175 g/mol. The Morgan fingerprint density at radius 3 is 2.00 bits per heavy atom. The molecule has 0 saturated carbocycles. The summed E-state index contributed by atoms with van der Waals surface area (Å²) in [5.41, 5.74) is 0. The number of carbonyl (C=O) groups is 1. The third-order valence-electron chi connectivity index (χ3n) is 2.09. The molecule has 0 aromatic carbocycles. The van der Waals surface area contributed by atoms with Crippen molar-refractivity contribution in [3.8, 4) is 0 Å². The molecule has 0 spiro atoms. The lowest BCUT2D eigenvalue weighted by atomic mass is 10.3. The quantitative estimate of drug-likeness (QED) is 0.626. The summed E-state index contributed by atoms with van der Waals surface area (Å²) in [6.45, 7) is 11.8. The van der Waals surface area contributed by atoms with E-state index in [9.17, 15) is 4.79 Å². The number of hydrogen-bond donors (Lipinski definition) is 0. The minimum atomic E-state index is 0. The van der Waals surface area contributed by atoms with Crippen LogP contribution >= 0.6 is 0 Å². The van der Waals surface area contributed by atoms with Crippen molar-refractivity contribution in [2.45, 2.75) is 47.1 Å². The Morgan fingerprint density at radius 2 is 1.71 bits per heavy atom. The molecule has 1 saturated heterocycles. The van der Waals surface area contributed by atoms with Crippen LogP contribution in [0.3, 0.4) is 0 Å².